The lowest BCUT2D eigenvalue weighted by Gasteiger charge is -2.38. The predicted molar refractivity (Wildman–Crippen MR) is 144 cm³/mol. The molecule has 192 valence electrons. The van der Waals surface area contributed by atoms with Crippen LogP contribution < -0.4 is 11.1 Å². The van der Waals surface area contributed by atoms with Crippen LogP contribution in [0.25, 0.3) is 16.7 Å². The van der Waals surface area contributed by atoms with Crippen LogP contribution in [0.4, 0.5) is 5.69 Å². The number of hydrogen-bond donors (Lipinski definition) is 3. The number of benzene rings is 2. The Morgan fingerprint density at radius 1 is 1.19 bits per heavy atom. The molecule has 2 fully saturated rings. The summed E-state index contributed by atoms with van der Waals surface area (Å²) in [7, 11) is 0. The summed E-state index contributed by atoms with van der Waals surface area (Å²) in [6.45, 7) is 2.18. The molecule has 0 unspecified atom stereocenters. The quantitative estimate of drug-likeness (QED) is 0.400. The Hall–Kier alpha value is -2.54. The lowest BCUT2D eigenvalue weighted by molar-refractivity contribution is -0.152. The molecular formula is C28H32Cl2N2O4. The highest BCUT2D eigenvalue weighted by Crippen LogP contribution is 2.53. The third kappa shape index (κ3) is 4.74. The Morgan fingerprint density at radius 2 is 1.97 bits per heavy atom. The van der Waals surface area contributed by atoms with E-state index in [-0.39, 0.29) is 42.6 Å². The second-order valence-electron chi connectivity index (χ2n) is 10.1. The van der Waals surface area contributed by atoms with E-state index in [2.05, 4.69) is 5.32 Å². The van der Waals surface area contributed by atoms with E-state index in [0.717, 1.165) is 29.5 Å². The second kappa shape index (κ2) is 10.4. The molecule has 2 aromatic carbocycles. The third-order valence-corrected chi connectivity index (χ3v) is 8.21. The Morgan fingerprint density at radius 3 is 2.75 bits per heavy atom. The van der Waals surface area contributed by atoms with Gasteiger partial charge in [0.1, 0.15) is 5.57 Å². The molecule has 5 rings (SSSR count). The Bertz CT molecular complexity index is 1230. The average molecular weight is 531 g/mol. The largest absolute Gasteiger partial charge is 0.507 e. The molecule has 1 amide bonds. The van der Waals surface area contributed by atoms with Crippen LogP contribution in [0.5, 0.6) is 0 Å². The molecule has 1 spiro atoms. The zero-order chi connectivity index (χ0) is 24.7. The first kappa shape index (κ1) is 26.5. The van der Waals surface area contributed by atoms with Gasteiger partial charge >= 0.3 is 5.97 Å². The minimum Gasteiger partial charge on any atom is -0.507 e. The fourth-order valence-corrected chi connectivity index (χ4v) is 6.42. The van der Waals surface area contributed by atoms with Gasteiger partial charge in [0.05, 0.1) is 0 Å². The number of anilines is 1. The summed E-state index contributed by atoms with van der Waals surface area (Å²) in [5, 5.41) is 14.6. The van der Waals surface area contributed by atoms with Crippen molar-refractivity contribution < 1.29 is 19.4 Å². The SMILES string of the molecule is Cc1cc(-c2cccc(NC(=O)CCN)c2)c(Cl)cc1C1=C(O)[C@]2(CC[C@@H]3CCC[C@@H]3C2)OC1=O.Cl. The van der Waals surface area contributed by atoms with Crippen molar-refractivity contribution in [1.82, 2.24) is 0 Å². The molecule has 0 bridgehead atoms. The number of hydrogen-bond acceptors (Lipinski definition) is 5. The van der Waals surface area contributed by atoms with Crippen molar-refractivity contribution in [2.45, 2.75) is 57.5 Å². The van der Waals surface area contributed by atoms with Crippen LogP contribution in [-0.2, 0) is 14.3 Å². The van der Waals surface area contributed by atoms with Crippen molar-refractivity contribution >= 4 is 47.1 Å². The number of nitrogens with two attached hydrogens (primary N) is 1. The fourth-order valence-electron chi connectivity index (χ4n) is 6.14. The van der Waals surface area contributed by atoms with Crippen LogP contribution in [0.1, 0.15) is 56.1 Å². The molecular weight excluding hydrogens is 499 g/mol. The van der Waals surface area contributed by atoms with Gasteiger partial charge in [0, 0.05) is 29.2 Å². The molecule has 4 N–H and O–H groups in total. The van der Waals surface area contributed by atoms with Gasteiger partial charge in [-0.15, -0.1) is 12.4 Å². The van der Waals surface area contributed by atoms with Crippen LogP contribution in [0, 0.1) is 18.8 Å². The number of carbonyl (C=O) groups excluding carboxylic acids is 2. The van der Waals surface area contributed by atoms with Gasteiger partial charge < -0.3 is 20.9 Å². The zero-order valence-electron chi connectivity index (χ0n) is 20.3. The molecule has 2 aliphatic carbocycles. The van der Waals surface area contributed by atoms with Gasteiger partial charge in [-0.1, -0.05) is 43.0 Å². The van der Waals surface area contributed by atoms with Crippen LogP contribution in [-0.4, -0.2) is 29.1 Å². The van der Waals surface area contributed by atoms with Crippen LogP contribution in [0.15, 0.2) is 42.2 Å². The van der Waals surface area contributed by atoms with E-state index in [0.29, 0.717) is 41.0 Å². The van der Waals surface area contributed by atoms with Gasteiger partial charge in [0.2, 0.25) is 5.91 Å². The summed E-state index contributed by atoms with van der Waals surface area (Å²) in [5.74, 6) is 0.620. The van der Waals surface area contributed by atoms with Crippen LogP contribution in [0.2, 0.25) is 5.02 Å². The number of carbonyl (C=O) groups is 2. The average Bonchev–Trinajstić information content (AvgIpc) is 3.37. The van der Waals surface area contributed by atoms with Crippen LogP contribution >= 0.6 is 24.0 Å². The molecule has 0 saturated heterocycles. The van der Waals surface area contributed by atoms with E-state index in [1.54, 1.807) is 6.07 Å². The smallest absolute Gasteiger partial charge is 0.343 e. The van der Waals surface area contributed by atoms with E-state index in [1.165, 1.54) is 12.8 Å². The van der Waals surface area contributed by atoms with Gasteiger partial charge in [-0.3, -0.25) is 4.79 Å². The molecule has 0 radical (unpaired) electrons. The Kier molecular flexibility index (Phi) is 7.69. The van der Waals surface area contributed by atoms with Crippen LogP contribution in [0.3, 0.4) is 0 Å². The van der Waals surface area contributed by atoms with Gasteiger partial charge in [0.25, 0.3) is 0 Å². The van der Waals surface area contributed by atoms with E-state index >= 15 is 0 Å². The van der Waals surface area contributed by atoms with Gasteiger partial charge in [0.15, 0.2) is 11.4 Å². The molecule has 2 aromatic rings. The first-order valence-corrected chi connectivity index (χ1v) is 12.8. The monoisotopic (exact) mass is 530 g/mol. The molecule has 1 heterocycles. The van der Waals surface area contributed by atoms with E-state index < -0.39 is 11.6 Å². The molecule has 3 aliphatic rings. The Labute approximate surface area is 222 Å². The second-order valence-corrected chi connectivity index (χ2v) is 10.5. The number of amides is 1. The predicted octanol–water partition coefficient (Wildman–Crippen LogP) is 6.19. The van der Waals surface area contributed by atoms with Gasteiger partial charge in [-0.05, 0) is 79.0 Å². The summed E-state index contributed by atoms with van der Waals surface area (Å²) in [6.07, 6.45) is 6.18. The maximum atomic E-state index is 13.0. The summed E-state index contributed by atoms with van der Waals surface area (Å²) in [4.78, 5) is 25.0. The van der Waals surface area contributed by atoms with Crippen molar-refractivity contribution in [3.63, 3.8) is 0 Å². The van der Waals surface area contributed by atoms with Crippen molar-refractivity contribution in [1.29, 1.82) is 0 Å². The lowest BCUT2D eigenvalue weighted by atomic mass is 9.72. The van der Waals surface area contributed by atoms with E-state index in [4.69, 9.17) is 22.1 Å². The fraction of sp³-hybridized carbons (Fsp3) is 0.429. The number of nitrogens with one attached hydrogen (secondary N) is 1. The highest BCUT2D eigenvalue weighted by molar-refractivity contribution is 6.34. The molecule has 8 heteroatoms. The summed E-state index contributed by atoms with van der Waals surface area (Å²) in [6, 6.07) is 11.1. The standard InChI is InChI=1S/C28H31ClN2O4.ClH/c1-16-12-22(18-5-3-7-20(13-18)31-24(32)9-11-30)23(29)14-21(16)25-26(33)28(35-27(25)34)10-8-17-4-2-6-19(17)15-28;/h3,5,7,12-14,17,19,33H,2,4,6,8-11,15,30H2,1H3,(H,31,32);1H/t17-,19+,28+;/m0./s1. The topological polar surface area (TPSA) is 102 Å². The maximum absolute atomic E-state index is 13.0. The van der Waals surface area contributed by atoms with Crippen molar-refractivity contribution in [2.75, 3.05) is 11.9 Å². The highest BCUT2D eigenvalue weighted by atomic mass is 35.5. The number of aliphatic hydroxyl groups is 1. The van der Waals surface area contributed by atoms with Gasteiger partial charge in [-0.25, -0.2) is 4.79 Å². The Balaban J connectivity index is 0.00000304. The normalized spacial score (nSPS) is 24.9. The van der Waals surface area contributed by atoms with E-state index in [9.17, 15) is 14.7 Å². The summed E-state index contributed by atoms with van der Waals surface area (Å²) >= 11 is 6.71. The first-order valence-electron chi connectivity index (χ1n) is 12.4. The zero-order valence-corrected chi connectivity index (χ0v) is 21.9. The minimum atomic E-state index is -0.897. The first-order chi connectivity index (χ1) is 16.8. The highest BCUT2D eigenvalue weighted by Gasteiger charge is 2.53. The summed E-state index contributed by atoms with van der Waals surface area (Å²) < 4.78 is 5.90. The number of ether oxygens (including phenoxy) is 1. The van der Waals surface area contributed by atoms with Crippen molar-refractivity contribution in [3.8, 4) is 11.1 Å². The molecule has 2 saturated carbocycles. The lowest BCUT2D eigenvalue weighted by Crippen LogP contribution is -2.40. The van der Waals surface area contributed by atoms with Crippen molar-refractivity contribution in [3.05, 3.63) is 58.3 Å². The minimum absolute atomic E-state index is 0. The van der Waals surface area contributed by atoms with E-state index in [1.807, 2.05) is 37.3 Å². The molecule has 6 nitrogen and oxygen atoms in total. The third-order valence-electron chi connectivity index (χ3n) is 7.90. The number of rotatable bonds is 5. The number of halogens is 2. The molecule has 3 atom stereocenters. The number of esters is 1. The number of aryl methyl sites for hydroxylation is 1. The molecule has 0 aromatic heterocycles. The number of aliphatic hydroxyl groups excluding tert-OH is 1. The molecule has 1 aliphatic heterocycles. The summed E-state index contributed by atoms with van der Waals surface area (Å²) in [5.41, 5.74) is 8.47. The number of fused-ring (bicyclic) bond motifs is 1. The maximum Gasteiger partial charge on any atom is 0.343 e. The van der Waals surface area contributed by atoms with Crippen molar-refractivity contribution in [2.24, 2.45) is 17.6 Å². The molecule has 36 heavy (non-hydrogen) atoms. The van der Waals surface area contributed by atoms with Gasteiger partial charge in [-0.2, -0.15) is 0 Å².